The average molecular weight is 331 g/mol. The van der Waals surface area contributed by atoms with Gasteiger partial charge in [-0.3, -0.25) is 4.79 Å². The maximum Gasteiger partial charge on any atom is 0.349 e. The molecule has 0 aromatic heterocycles. The zero-order valence-corrected chi connectivity index (χ0v) is 13.1. The van der Waals surface area contributed by atoms with Crippen LogP contribution in [0.3, 0.4) is 0 Å². The molecule has 0 unspecified atom stereocenters. The van der Waals surface area contributed by atoms with E-state index in [0.29, 0.717) is 16.8 Å². The van der Waals surface area contributed by atoms with Gasteiger partial charge in [0, 0.05) is 0 Å². The number of carbonyl (C=O) groups is 2. The number of nitriles is 2. The molecule has 25 heavy (non-hydrogen) atoms. The minimum absolute atomic E-state index is 0.212. The number of rotatable bonds is 5. The van der Waals surface area contributed by atoms with E-state index in [4.69, 9.17) is 15.3 Å². The van der Waals surface area contributed by atoms with E-state index >= 15 is 0 Å². The fourth-order valence-corrected chi connectivity index (χ4v) is 1.94. The van der Waals surface area contributed by atoms with Crippen LogP contribution in [0.25, 0.3) is 6.08 Å². The molecule has 6 heteroatoms. The van der Waals surface area contributed by atoms with Crippen LogP contribution in [0.4, 0.5) is 5.69 Å². The highest BCUT2D eigenvalue weighted by Gasteiger charge is 2.14. The quantitative estimate of drug-likeness (QED) is 0.515. The molecule has 0 aliphatic rings. The topological polar surface area (TPSA) is 103 Å². The molecule has 0 atom stereocenters. The Bertz CT molecular complexity index is 890. The first-order valence-electron chi connectivity index (χ1n) is 7.27. The van der Waals surface area contributed by atoms with Crippen molar-refractivity contribution in [1.82, 2.24) is 0 Å². The summed E-state index contributed by atoms with van der Waals surface area (Å²) in [7, 11) is 0. The maximum absolute atomic E-state index is 11.9. The average Bonchev–Trinajstić information content (AvgIpc) is 2.65. The van der Waals surface area contributed by atoms with Crippen molar-refractivity contribution in [1.29, 1.82) is 10.5 Å². The zero-order chi connectivity index (χ0) is 18.1. The number of nitrogens with one attached hydrogen (secondary N) is 1. The Morgan fingerprint density at radius 2 is 1.72 bits per heavy atom. The van der Waals surface area contributed by atoms with Crippen LogP contribution in [0.15, 0.2) is 60.2 Å². The molecule has 2 aromatic carbocycles. The van der Waals surface area contributed by atoms with E-state index in [1.807, 2.05) is 12.1 Å². The molecule has 0 saturated heterocycles. The molecule has 0 saturated carbocycles. The summed E-state index contributed by atoms with van der Waals surface area (Å²) in [5.41, 5.74) is 1.08. The number of ether oxygens (including phenoxy) is 1. The molecule has 0 aliphatic heterocycles. The molecule has 0 spiro atoms. The van der Waals surface area contributed by atoms with E-state index in [1.165, 1.54) is 6.08 Å². The third-order valence-electron chi connectivity index (χ3n) is 3.11. The molecule has 0 aliphatic carbocycles. The van der Waals surface area contributed by atoms with E-state index < -0.39 is 18.5 Å². The number of nitrogens with zero attached hydrogens (tertiary/aromatic N) is 2. The summed E-state index contributed by atoms with van der Waals surface area (Å²) in [6, 6.07) is 19.0. The second-order valence-electron chi connectivity index (χ2n) is 4.86. The van der Waals surface area contributed by atoms with E-state index in [2.05, 4.69) is 5.32 Å². The molecule has 0 bridgehead atoms. The summed E-state index contributed by atoms with van der Waals surface area (Å²) < 4.78 is 4.85. The van der Waals surface area contributed by atoms with Crippen molar-refractivity contribution < 1.29 is 14.3 Å². The van der Waals surface area contributed by atoms with Gasteiger partial charge in [0.25, 0.3) is 5.91 Å². The van der Waals surface area contributed by atoms with Gasteiger partial charge >= 0.3 is 5.97 Å². The lowest BCUT2D eigenvalue weighted by atomic mass is 10.1. The number of esters is 1. The van der Waals surface area contributed by atoms with Crippen molar-refractivity contribution in [2.24, 2.45) is 0 Å². The van der Waals surface area contributed by atoms with Gasteiger partial charge in [0.1, 0.15) is 17.7 Å². The van der Waals surface area contributed by atoms with Crippen molar-refractivity contribution in [2.75, 3.05) is 11.9 Å². The Morgan fingerprint density at radius 1 is 1.04 bits per heavy atom. The van der Waals surface area contributed by atoms with Crippen LogP contribution in [0, 0.1) is 22.7 Å². The van der Waals surface area contributed by atoms with Crippen LogP contribution < -0.4 is 5.32 Å². The lowest BCUT2D eigenvalue weighted by molar-refractivity contribution is -0.142. The van der Waals surface area contributed by atoms with Crippen molar-refractivity contribution in [3.8, 4) is 12.1 Å². The zero-order valence-electron chi connectivity index (χ0n) is 13.1. The maximum atomic E-state index is 11.9. The molecule has 0 fully saturated rings. The summed E-state index contributed by atoms with van der Waals surface area (Å²) >= 11 is 0. The van der Waals surface area contributed by atoms with Gasteiger partial charge in [0.05, 0.1) is 11.3 Å². The molecular weight excluding hydrogens is 318 g/mol. The van der Waals surface area contributed by atoms with E-state index in [-0.39, 0.29) is 5.57 Å². The second kappa shape index (κ2) is 8.66. The number of hydrogen-bond acceptors (Lipinski definition) is 5. The summed E-state index contributed by atoms with van der Waals surface area (Å²) in [4.78, 5) is 23.8. The molecular formula is C19H13N3O3. The Morgan fingerprint density at radius 3 is 2.40 bits per heavy atom. The van der Waals surface area contributed by atoms with Gasteiger partial charge in [-0.15, -0.1) is 0 Å². The summed E-state index contributed by atoms with van der Waals surface area (Å²) in [6.45, 7) is -0.563. The van der Waals surface area contributed by atoms with Gasteiger partial charge in [-0.2, -0.15) is 10.5 Å². The molecule has 1 N–H and O–H groups in total. The van der Waals surface area contributed by atoms with Crippen molar-refractivity contribution >= 4 is 23.6 Å². The molecule has 2 rings (SSSR count). The van der Waals surface area contributed by atoms with Crippen LogP contribution in [0.5, 0.6) is 0 Å². The smallest absolute Gasteiger partial charge is 0.349 e. The lowest BCUT2D eigenvalue weighted by Crippen LogP contribution is -2.21. The Balaban J connectivity index is 1.97. The predicted molar refractivity (Wildman–Crippen MR) is 90.8 cm³/mol. The Kier molecular flexibility index (Phi) is 6.05. The first-order valence-corrected chi connectivity index (χ1v) is 7.27. The SMILES string of the molecule is N#C/C(=C\c1ccccc1)C(=O)OCC(=O)Nc1ccccc1C#N. The van der Waals surface area contributed by atoms with Crippen molar-refractivity contribution in [3.05, 3.63) is 71.3 Å². The van der Waals surface area contributed by atoms with E-state index in [9.17, 15) is 9.59 Å². The predicted octanol–water partition coefficient (Wildman–Crippen LogP) is 2.65. The second-order valence-corrected chi connectivity index (χ2v) is 4.86. The molecule has 1 amide bonds. The van der Waals surface area contributed by atoms with Gasteiger partial charge in [0.2, 0.25) is 0 Å². The highest BCUT2D eigenvalue weighted by Crippen LogP contribution is 2.13. The van der Waals surface area contributed by atoms with Crippen molar-refractivity contribution in [3.63, 3.8) is 0 Å². The van der Waals surface area contributed by atoms with Gasteiger partial charge < -0.3 is 10.1 Å². The highest BCUT2D eigenvalue weighted by molar-refractivity contribution is 6.00. The van der Waals surface area contributed by atoms with Gasteiger partial charge in [-0.25, -0.2) is 4.79 Å². The standard InChI is InChI=1S/C19H13N3O3/c20-11-15-8-4-5-9-17(15)22-18(23)13-25-19(24)16(12-21)10-14-6-2-1-3-7-14/h1-10H,13H2,(H,22,23)/b16-10+. The van der Waals surface area contributed by atoms with Gasteiger partial charge in [-0.05, 0) is 23.8 Å². The largest absolute Gasteiger partial charge is 0.451 e. The van der Waals surface area contributed by atoms with Gasteiger partial charge in [0.15, 0.2) is 6.61 Å². The molecule has 0 radical (unpaired) electrons. The third kappa shape index (κ3) is 5.05. The van der Waals surface area contributed by atoms with Crippen LogP contribution in [0.2, 0.25) is 0 Å². The minimum atomic E-state index is -0.893. The molecule has 2 aromatic rings. The lowest BCUT2D eigenvalue weighted by Gasteiger charge is -2.07. The number of benzene rings is 2. The van der Waals surface area contributed by atoms with Crippen LogP contribution >= 0.6 is 0 Å². The molecule has 122 valence electrons. The number of amides is 1. The normalized spacial score (nSPS) is 10.2. The highest BCUT2D eigenvalue weighted by atomic mass is 16.5. The first-order chi connectivity index (χ1) is 12.1. The Labute approximate surface area is 144 Å². The monoisotopic (exact) mass is 331 g/mol. The summed E-state index contributed by atoms with van der Waals surface area (Å²) in [5, 5.41) is 20.5. The van der Waals surface area contributed by atoms with Crippen LogP contribution in [0.1, 0.15) is 11.1 Å². The number of para-hydroxylation sites is 1. The summed E-state index contributed by atoms with van der Waals surface area (Å²) in [6.07, 6.45) is 1.38. The molecule has 0 heterocycles. The fourth-order valence-electron chi connectivity index (χ4n) is 1.94. The van der Waals surface area contributed by atoms with E-state index in [1.54, 1.807) is 54.6 Å². The summed E-state index contributed by atoms with van der Waals surface area (Å²) in [5.74, 6) is -1.50. The van der Waals surface area contributed by atoms with E-state index in [0.717, 1.165) is 0 Å². The first kappa shape index (κ1) is 17.5. The number of anilines is 1. The third-order valence-corrected chi connectivity index (χ3v) is 3.11. The minimum Gasteiger partial charge on any atom is -0.451 e. The molecule has 6 nitrogen and oxygen atoms in total. The van der Waals surface area contributed by atoms with Crippen LogP contribution in [-0.2, 0) is 14.3 Å². The number of carbonyl (C=O) groups excluding carboxylic acids is 2. The van der Waals surface area contributed by atoms with Gasteiger partial charge in [-0.1, -0.05) is 42.5 Å². The number of hydrogen-bond donors (Lipinski definition) is 1. The fraction of sp³-hybridized carbons (Fsp3) is 0.0526. The van der Waals surface area contributed by atoms with Crippen molar-refractivity contribution in [2.45, 2.75) is 0 Å². The Hall–Kier alpha value is -3.90. The van der Waals surface area contributed by atoms with Crippen LogP contribution in [-0.4, -0.2) is 18.5 Å².